The van der Waals surface area contributed by atoms with E-state index in [1.54, 1.807) is 0 Å². The highest BCUT2D eigenvalue weighted by Crippen LogP contribution is 2.35. The molecule has 0 amide bonds. The van der Waals surface area contributed by atoms with Gasteiger partial charge >= 0.3 is 0 Å². The molecule has 112 valence electrons. The first-order valence-electron chi connectivity index (χ1n) is 7.70. The summed E-state index contributed by atoms with van der Waals surface area (Å²) in [5.74, 6) is 1.45. The molecule has 19 heavy (non-hydrogen) atoms. The van der Waals surface area contributed by atoms with E-state index in [4.69, 9.17) is 11.6 Å². The molecule has 0 radical (unpaired) electrons. The molecule has 1 heterocycles. The van der Waals surface area contributed by atoms with Crippen LogP contribution in [0.15, 0.2) is 0 Å². The molecule has 0 spiro atoms. The average Bonchev–Trinajstić information content (AvgIpc) is 2.90. The van der Waals surface area contributed by atoms with Crippen molar-refractivity contribution in [2.75, 3.05) is 18.2 Å². The minimum Gasteiger partial charge on any atom is -0.212 e. The van der Waals surface area contributed by atoms with E-state index in [-0.39, 0.29) is 5.75 Å². The molecule has 2 fully saturated rings. The zero-order valence-electron chi connectivity index (χ0n) is 11.7. The quantitative estimate of drug-likeness (QED) is 0.557. The highest BCUT2D eigenvalue weighted by atomic mass is 35.5. The molecule has 1 aliphatic carbocycles. The van der Waals surface area contributed by atoms with E-state index < -0.39 is 10.0 Å². The first-order chi connectivity index (χ1) is 9.15. The molecule has 1 saturated carbocycles. The Kier molecular flexibility index (Phi) is 5.97. The summed E-state index contributed by atoms with van der Waals surface area (Å²) in [7, 11) is -3.06. The number of hydrogen-bond acceptors (Lipinski definition) is 2. The summed E-state index contributed by atoms with van der Waals surface area (Å²) >= 11 is 5.63. The standard InChI is InChI=1S/C14H26ClNO2S/c15-10-4-5-12-19(17,18)16-11-6-9-14(16)13-7-2-1-3-8-13/h13-14H,1-12H2. The van der Waals surface area contributed by atoms with Gasteiger partial charge in [-0.05, 0) is 44.4 Å². The first kappa shape index (κ1) is 15.6. The molecular weight excluding hydrogens is 282 g/mol. The van der Waals surface area contributed by atoms with E-state index >= 15 is 0 Å². The van der Waals surface area contributed by atoms with Gasteiger partial charge in [0.05, 0.1) is 5.75 Å². The molecule has 2 rings (SSSR count). The fraction of sp³-hybridized carbons (Fsp3) is 1.00. The Morgan fingerprint density at radius 2 is 1.74 bits per heavy atom. The number of sulfonamides is 1. The van der Waals surface area contributed by atoms with Crippen molar-refractivity contribution < 1.29 is 8.42 Å². The van der Waals surface area contributed by atoms with Gasteiger partial charge in [-0.1, -0.05) is 19.3 Å². The van der Waals surface area contributed by atoms with Crippen molar-refractivity contribution in [2.24, 2.45) is 5.92 Å². The molecule has 1 aliphatic heterocycles. The number of nitrogens with zero attached hydrogens (tertiary/aromatic N) is 1. The van der Waals surface area contributed by atoms with Crippen molar-refractivity contribution in [1.29, 1.82) is 0 Å². The normalized spacial score (nSPS) is 26.9. The Balaban J connectivity index is 1.96. The number of halogens is 1. The Bertz CT molecular complexity index is 366. The Morgan fingerprint density at radius 1 is 1.00 bits per heavy atom. The molecule has 1 saturated heterocycles. The second kappa shape index (κ2) is 7.28. The maximum absolute atomic E-state index is 12.4. The summed E-state index contributed by atoms with van der Waals surface area (Å²) in [4.78, 5) is 0. The molecule has 0 aromatic heterocycles. The van der Waals surface area contributed by atoms with Crippen LogP contribution >= 0.6 is 11.6 Å². The maximum Gasteiger partial charge on any atom is 0.214 e. The van der Waals surface area contributed by atoms with Crippen LogP contribution in [0.3, 0.4) is 0 Å². The zero-order valence-corrected chi connectivity index (χ0v) is 13.3. The smallest absolute Gasteiger partial charge is 0.212 e. The number of alkyl halides is 1. The minimum atomic E-state index is -3.06. The lowest BCUT2D eigenvalue weighted by Gasteiger charge is -2.33. The van der Waals surface area contributed by atoms with Gasteiger partial charge in [0.1, 0.15) is 0 Å². The van der Waals surface area contributed by atoms with Gasteiger partial charge in [0.2, 0.25) is 10.0 Å². The fourth-order valence-electron chi connectivity index (χ4n) is 3.60. The molecule has 5 heteroatoms. The summed E-state index contributed by atoms with van der Waals surface area (Å²) in [5.41, 5.74) is 0. The topological polar surface area (TPSA) is 37.4 Å². The van der Waals surface area contributed by atoms with Crippen LogP contribution in [-0.4, -0.2) is 36.9 Å². The Hall–Kier alpha value is 0.200. The highest BCUT2D eigenvalue weighted by Gasteiger charge is 2.38. The summed E-state index contributed by atoms with van der Waals surface area (Å²) in [5, 5.41) is 0. The van der Waals surface area contributed by atoms with Gasteiger partial charge in [-0.3, -0.25) is 0 Å². The second-order valence-electron chi connectivity index (χ2n) is 5.93. The van der Waals surface area contributed by atoms with Gasteiger partial charge in [-0.2, -0.15) is 4.31 Å². The van der Waals surface area contributed by atoms with E-state index in [2.05, 4.69) is 0 Å². The lowest BCUT2D eigenvalue weighted by Crippen LogP contribution is -2.41. The third kappa shape index (κ3) is 4.08. The van der Waals surface area contributed by atoms with E-state index in [1.165, 1.54) is 32.1 Å². The Morgan fingerprint density at radius 3 is 2.42 bits per heavy atom. The predicted molar refractivity (Wildman–Crippen MR) is 80.0 cm³/mol. The van der Waals surface area contributed by atoms with E-state index in [9.17, 15) is 8.42 Å². The van der Waals surface area contributed by atoms with E-state index in [0.29, 0.717) is 24.3 Å². The highest BCUT2D eigenvalue weighted by molar-refractivity contribution is 7.89. The molecule has 1 unspecified atom stereocenters. The van der Waals surface area contributed by atoms with Gasteiger partial charge in [0.25, 0.3) is 0 Å². The van der Waals surface area contributed by atoms with Crippen molar-refractivity contribution in [2.45, 2.75) is 63.8 Å². The molecule has 1 atom stereocenters. The summed E-state index contributed by atoms with van der Waals surface area (Å²) in [6.07, 6.45) is 9.92. The molecular formula is C14H26ClNO2S. The van der Waals surface area contributed by atoms with Crippen LogP contribution in [0.1, 0.15) is 57.8 Å². The van der Waals surface area contributed by atoms with Crippen molar-refractivity contribution in [3.05, 3.63) is 0 Å². The lowest BCUT2D eigenvalue weighted by atomic mass is 9.83. The van der Waals surface area contributed by atoms with Crippen LogP contribution in [0.4, 0.5) is 0 Å². The maximum atomic E-state index is 12.4. The first-order valence-corrected chi connectivity index (χ1v) is 9.85. The van der Waals surface area contributed by atoms with Crippen LogP contribution in [0.5, 0.6) is 0 Å². The SMILES string of the molecule is O=S(=O)(CCCCCl)N1CCCC1C1CCCCC1. The molecule has 0 aromatic rings. The Labute approximate surface area is 122 Å². The van der Waals surface area contributed by atoms with Crippen LogP contribution < -0.4 is 0 Å². The zero-order chi connectivity index (χ0) is 13.7. The van der Waals surface area contributed by atoms with E-state index in [0.717, 1.165) is 25.8 Å². The van der Waals surface area contributed by atoms with Gasteiger partial charge in [-0.25, -0.2) is 8.42 Å². The summed E-state index contributed by atoms with van der Waals surface area (Å²) in [6, 6.07) is 0.293. The predicted octanol–water partition coefficient (Wildman–Crippen LogP) is 3.38. The molecule has 3 nitrogen and oxygen atoms in total. The van der Waals surface area contributed by atoms with Crippen LogP contribution in [0.2, 0.25) is 0 Å². The van der Waals surface area contributed by atoms with Crippen LogP contribution in [0.25, 0.3) is 0 Å². The van der Waals surface area contributed by atoms with Gasteiger partial charge in [-0.15, -0.1) is 11.6 Å². The van der Waals surface area contributed by atoms with Crippen LogP contribution in [-0.2, 0) is 10.0 Å². The number of hydrogen-bond donors (Lipinski definition) is 0. The summed E-state index contributed by atoms with van der Waals surface area (Å²) < 4.78 is 26.7. The fourth-order valence-corrected chi connectivity index (χ4v) is 5.69. The molecule has 2 aliphatic rings. The summed E-state index contributed by atoms with van der Waals surface area (Å²) in [6.45, 7) is 0.740. The molecule has 0 bridgehead atoms. The third-order valence-corrected chi connectivity index (χ3v) is 6.83. The van der Waals surface area contributed by atoms with E-state index in [1.807, 2.05) is 4.31 Å². The van der Waals surface area contributed by atoms with Gasteiger partial charge in [0, 0.05) is 18.5 Å². The van der Waals surface area contributed by atoms with Crippen molar-refractivity contribution in [1.82, 2.24) is 4.31 Å². The van der Waals surface area contributed by atoms with Crippen molar-refractivity contribution in [3.63, 3.8) is 0 Å². The number of rotatable bonds is 6. The monoisotopic (exact) mass is 307 g/mol. The average molecular weight is 308 g/mol. The van der Waals surface area contributed by atoms with Crippen LogP contribution in [0, 0.1) is 5.92 Å². The second-order valence-corrected chi connectivity index (χ2v) is 8.35. The molecule has 0 N–H and O–H groups in total. The lowest BCUT2D eigenvalue weighted by molar-refractivity contribution is 0.226. The van der Waals surface area contributed by atoms with Crippen molar-refractivity contribution in [3.8, 4) is 0 Å². The minimum absolute atomic E-state index is 0.281. The molecule has 0 aromatic carbocycles. The third-order valence-electron chi connectivity index (χ3n) is 4.59. The largest absolute Gasteiger partial charge is 0.214 e. The number of unbranched alkanes of at least 4 members (excludes halogenated alkanes) is 1. The van der Waals surface area contributed by atoms with Crippen molar-refractivity contribution >= 4 is 21.6 Å². The van der Waals surface area contributed by atoms with Gasteiger partial charge < -0.3 is 0 Å². The van der Waals surface area contributed by atoms with Gasteiger partial charge in [0.15, 0.2) is 0 Å².